The number of benzene rings is 1. The molecule has 0 heterocycles. The van der Waals surface area contributed by atoms with Crippen LogP contribution in [-0.2, 0) is 0 Å². The van der Waals surface area contributed by atoms with E-state index in [2.05, 4.69) is 18.3 Å². The van der Waals surface area contributed by atoms with Crippen LogP contribution < -0.4 is 0 Å². The predicted molar refractivity (Wildman–Crippen MR) is 51.1 cm³/mol. The molecule has 0 spiro atoms. The van der Waals surface area contributed by atoms with Crippen molar-refractivity contribution in [3.8, 4) is 0 Å². The van der Waals surface area contributed by atoms with Gasteiger partial charge in [0, 0.05) is 5.56 Å². The van der Waals surface area contributed by atoms with Crippen molar-refractivity contribution in [1.82, 2.24) is 0 Å². The lowest BCUT2D eigenvalue weighted by atomic mass is 10.1. The minimum Gasteiger partial charge on any atom is -0.298 e. The maximum Gasteiger partial charge on any atom is 0.150 e. The van der Waals surface area contributed by atoms with E-state index in [1.165, 1.54) is 0 Å². The van der Waals surface area contributed by atoms with Gasteiger partial charge in [-0.15, -0.1) is 0 Å². The highest BCUT2D eigenvalue weighted by atomic mass is 16.1. The molecule has 2 nitrogen and oxygen atoms in total. The highest BCUT2D eigenvalue weighted by Gasteiger charge is 1.97. The van der Waals surface area contributed by atoms with Crippen molar-refractivity contribution < 1.29 is 4.79 Å². The lowest BCUT2D eigenvalue weighted by Gasteiger charge is -1.99. The van der Waals surface area contributed by atoms with Gasteiger partial charge in [-0.2, -0.15) is 0 Å². The van der Waals surface area contributed by atoms with E-state index in [9.17, 15) is 4.79 Å². The fraction of sp³-hybridized carbons (Fsp3) is 0. The van der Waals surface area contributed by atoms with Crippen LogP contribution in [0.15, 0.2) is 29.8 Å². The largest absolute Gasteiger partial charge is 0.298 e. The van der Waals surface area contributed by atoms with Crippen LogP contribution in [0.1, 0.15) is 15.9 Å². The molecule has 0 unspecified atom stereocenters. The zero-order valence-corrected chi connectivity index (χ0v) is 6.66. The molecule has 60 valence electrons. The number of carbonyl (C=O) groups is 1. The first-order chi connectivity index (χ1) is 5.81. The molecule has 0 saturated heterocycles. The highest BCUT2D eigenvalue weighted by Crippen LogP contribution is 2.20. The van der Waals surface area contributed by atoms with E-state index < -0.39 is 0 Å². The average molecular weight is 159 g/mol. The van der Waals surface area contributed by atoms with Gasteiger partial charge in [-0.3, -0.25) is 9.79 Å². The number of hydrogen-bond acceptors (Lipinski definition) is 2. The number of hydrogen-bond donors (Lipinski definition) is 0. The van der Waals surface area contributed by atoms with Gasteiger partial charge >= 0.3 is 0 Å². The Labute approximate surface area is 71.3 Å². The second kappa shape index (κ2) is 3.62. The summed E-state index contributed by atoms with van der Waals surface area (Å²) in [5, 5.41) is 0. The van der Waals surface area contributed by atoms with Crippen LogP contribution in [0.4, 0.5) is 5.69 Å². The molecule has 1 aromatic carbocycles. The molecule has 12 heavy (non-hydrogen) atoms. The van der Waals surface area contributed by atoms with Gasteiger partial charge in [0.25, 0.3) is 0 Å². The summed E-state index contributed by atoms with van der Waals surface area (Å²) in [5.74, 6) is 0. The molecule has 0 amide bonds. The predicted octanol–water partition coefficient (Wildman–Crippen LogP) is 2.47. The van der Waals surface area contributed by atoms with Crippen LogP contribution >= 0.6 is 0 Å². The summed E-state index contributed by atoms with van der Waals surface area (Å²) in [4.78, 5) is 14.2. The first kappa shape index (κ1) is 8.40. The third kappa shape index (κ3) is 1.48. The minimum atomic E-state index is 0.600. The van der Waals surface area contributed by atoms with Crippen molar-refractivity contribution in [2.45, 2.75) is 0 Å². The Balaban J connectivity index is 3.27. The third-order valence-electron chi connectivity index (χ3n) is 1.58. The Hall–Kier alpha value is -1.70. The summed E-state index contributed by atoms with van der Waals surface area (Å²) in [7, 11) is 0. The van der Waals surface area contributed by atoms with Crippen molar-refractivity contribution in [3.63, 3.8) is 0 Å². The quantitative estimate of drug-likeness (QED) is 0.492. The van der Waals surface area contributed by atoms with Crippen molar-refractivity contribution in [3.05, 3.63) is 35.9 Å². The average Bonchev–Trinajstić information content (AvgIpc) is 2.16. The van der Waals surface area contributed by atoms with Gasteiger partial charge in [0.2, 0.25) is 0 Å². The Kier molecular flexibility index (Phi) is 2.53. The molecular formula is C10H9NO. The van der Waals surface area contributed by atoms with E-state index in [0.717, 1.165) is 11.8 Å². The molecule has 0 N–H and O–H groups in total. The maximum atomic E-state index is 10.4. The number of aliphatic imine (C=N–C) groups is 1. The van der Waals surface area contributed by atoms with Gasteiger partial charge < -0.3 is 0 Å². The van der Waals surface area contributed by atoms with Crippen LogP contribution in [0.3, 0.4) is 0 Å². The molecule has 0 bridgehead atoms. The molecule has 0 radical (unpaired) electrons. The van der Waals surface area contributed by atoms with Crippen molar-refractivity contribution in [2.75, 3.05) is 0 Å². The Morgan fingerprint density at radius 3 is 2.67 bits per heavy atom. The monoisotopic (exact) mass is 159 g/mol. The SMILES string of the molecule is C=Cc1ccc(C=O)cc1N=C. The van der Waals surface area contributed by atoms with E-state index in [-0.39, 0.29) is 0 Å². The summed E-state index contributed by atoms with van der Waals surface area (Å²) in [6.07, 6.45) is 2.46. The van der Waals surface area contributed by atoms with Gasteiger partial charge in [0.1, 0.15) is 6.29 Å². The fourth-order valence-electron chi connectivity index (χ4n) is 0.944. The molecule has 2 heteroatoms. The molecule has 0 saturated carbocycles. The van der Waals surface area contributed by atoms with Crippen molar-refractivity contribution >= 4 is 24.8 Å². The van der Waals surface area contributed by atoms with E-state index in [1.54, 1.807) is 24.3 Å². The lowest BCUT2D eigenvalue weighted by Crippen LogP contribution is -1.80. The molecule has 1 rings (SSSR count). The molecule has 0 aliphatic carbocycles. The molecular weight excluding hydrogens is 150 g/mol. The fourth-order valence-corrected chi connectivity index (χ4v) is 0.944. The van der Waals surface area contributed by atoms with Crippen LogP contribution in [0.25, 0.3) is 6.08 Å². The zero-order valence-electron chi connectivity index (χ0n) is 6.66. The van der Waals surface area contributed by atoms with Crippen LogP contribution in [0, 0.1) is 0 Å². The maximum absolute atomic E-state index is 10.4. The summed E-state index contributed by atoms with van der Waals surface area (Å²) < 4.78 is 0. The molecule has 1 aromatic rings. The molecule has 0 atom stereocenters. The molecule has 0 aliphatic rings. The van der Waals surface area contributed by atoms with Crippen molar-refractivity contribution in [1.29, 1.82) is 0 Å². The molecule has 0 aromatic heterocycles. The number of carbonyl (C=O) groups excluding carboxylic acids is 1. The Morgan fingerprint density at radius 1 is 1.42 bits per heavy atom. The van der Waals surface area contributed by atoms with Crippen molar-refractivity contribution in [2.24, 2.45) is 4.99 Å². The normalized spacial score (nSPS) is 9.00. The second-order valence-corrected chi connectivity index (χ2v) is 2.30. The minimum absolute atomic E-state index is 0.600. The van der Waals surface area contributed by atoms with E-state index in [0.29, 0.717) is 11.3 Å². The summed E-state index contributed by atoms with van der Waals surface area (Å²) in [6, 6.07) is 5.19. The first-order valence-corrected chi connectivity index (χ1v) is 3.50. The van der Waals surface area contributed by atoms with Gasteiger partial charge in [0.05, 0.1) is 5.69 Å². The number of rotatable bonds is 3. The van der Waals surface area contributed by atoms with E-state index >= 15 is 0 Å². The Bertz CT molecular complexity index is 329. The van der Waals surface area contributed by atoms with Gasteiger partial charge in [0.15, 0.2) is 0 Å². The van der Waals surface area contributed by atoms with Crippen LogP contribution in [0.5, 0.6) is 0 Å². The topological polar surface area (TPSA) is 29.4 Å². The Morgan fingerprint density at radius 2 is 2.17 bits per heavy atom. The molecule has 0 aliphatic heterocycles. The molecule has 0 fully saturated rings. The van der Waals surface area contributed by atoms with E-state index in [4.69, 9.17) is 0 Å². The number of nitrogens with zero attached hydrogens (tertiary/aromatic N) is 1. The van der Waals surface area contributed by atoms with Gasteiger partial charge in [-0.25, -0.2) is 0 Å². The summed E-state index contributed by atoms with van der Waals surface area (Å²) in [5.41, 5.74) is 2.17. The van der Waals surface area contributed by atoms with Gasteiger partial charge in [-0.1, -0.05) is 24.8 Å². The van der Waals surface area contributed by atoms with Gasteiger partial charge in [-0.05, 0) is 18.3 Å². The lowest BCUT2D eigenvalue weighted by molar-refractivity contribution is 0.112. The second-order valence-electron chi connectivity index (χ2n) is 2.30. The summed E-state index contributed by atoms with van der Waals surface area (Å²) in [6.45, 7) is 7.02. The zero-order chi connectivity index (χ0) is 8.97. The van der Waals surface area contributed by atoms with E-state index in [1.807, 2.05) is 0 Å². The number of aldehydes is 1. The van der Waals surface area contributed by atoms with Crippen LogP contribution in [-0.4, -0.2) is 13.0 Å². The highest BCUT2D eigenvalue weighted by molar-refractivity contribution is 5.79. The van der Waals surface area contributed by atoms with Crippen LogP contribution in [0.2, 0.25) is 0 Å². The smallest absolute Gasteiger partial charge is 0.150 e. The third-order valence-corrected chi connectivity index (χ3v) is 1.58. The standard InChI is InChI=1S/C10H9NO/c1-3-9-5-4-8(7-12)6-10(9)11-2/h3-7H,1-2H2. The first-order valence-electron chi connectivity index (χ1n) is 3.50. The summed E-state index contributed by atoms with van der Waals surface area (Å²) >= 11 is 0.